The minimum Gasteiger partial charge on any atom is -0.494 e. The van der Waals surface area contributed by atoms with E-state index in [2.05, 4.69) is 17.1 Å². The van der Waals surface area contributed by atoms with Crippen molar-refractivity contribution in [2.24, 2.45) is 0 Å². The summed E-state index contributed by atoms with van der Waals surface area (Å²) >= 11 is 0. The number of anilines is 3. The second-order valence-corrected chi connectivity index (χ2v) is 8.26. The van der Waals surface area contributed by atoms with Crippen LogP contribution in [0.25, 0.3) is 0 Å². The van der Waals surface area contributed by atoms with Gasteiger partial charge in [0.2, 0.25) is 0 Å². The number of hydrogen-bond acceptors (Lipinski definition) is 5. The Balaban J connectivity index is 1.37. The minimum atomic E-state index is -0.449. The molecule has 0 saturated heterocycles. The van der Waals surface area contributed by atoms with Crippen LogP contribution in [-0.2, 0) is 6.42 Å². The van der Waals surface area contributed by atoms with Gasteiger partial charge in [-0.25, -0.2) is 4.90 Å². The third-order valence-corrected chi connectivity index (χ3v) is 6.27. The lowest BCUT2D eigenvalue weighted by Gasteiger charge is -2.17. The van der Waals surface area contributed by atoms with Crippen molar-refractivity contribution < 1.29 is 19.1 Å². The van der Waals surface area contributed by atoms with Crippen molar-refractivity contribution in [2.75, 3.05) is 34.8 Å². The Morgan fingerprint density at radius 3 is 2.44 bits per heavy atom. The van der Waals surface area contributed by atoms with Crippen LogP contribution in [0.3, 0.4) is 0 Å². The molecule has 0 aromatic heterocycles. The highest BCUT2D eigenvalue weighted by Crippen LogP contribution is 2.32. The van der Waals surface area contributed by atoms with Gasteiger partial charge in [0.25, 0.3) is 17.7 Å². The van der Waals surface area contributed by atoms with Crippen LogP contribution in [0.5, 0.6) is 5.75 Å². The van der Waals surface area contributed by atoms with Crippen molar-refractivity contribution in [2.45, 2.75) is 20.3 Å². The topological polar surface area (TPSA) is 79.0 Å². The fourth-order valence-corrected chi connectivity index (χ4v) is 4.53. The van der Waals surface area contributed by atoms with Crippen LogP contribution < -0.4 is 19.9 Å². The third-order valence-electron chi connectivity index (χ3n) is 6.27. The molecule has 0 atom stereocenters. The first-order valence-electron chi connectivity index (χ1n) is 11.4. The van der Waals surface area contributed by atoms with Crippen LogP contribution in [0.1, 0.15) is 50.5 Å². The number of carbonyl (C=O) groups is 3. The van der Waals surface area contributed by atoms with Gasteiger partial charge in [-0.2, -0.15) is 0 Å². The number of amides is 3. The molecule has 172 valence electrons. The van der Waals surface area contributed by atoms with E-state index in [-0.39, 0.29) is 17.0 Å². The van der Waals surface area contributed by atoms with E-state index < -0.39 is 11.8 Å². The van der Waals surface area contributed by atoms with E-state index in [1.165, 1.54) is 11.6 Å². The van der Waals surface area contributed by atoms with Gasteiger partial charge in [0.05, 0.1) is 23.4 Å². The third kappa shape index (κ3) is 3.69. The highest BCUT2D eigenvalue weighted by molar-refractivity contribution is 6.34. The summed E-state index contributed by atoms with van der Waals surface area (Å²) in [6.45, 7) is 6.42. The minimum absolute atomic E-state index is 0.220. The SMILES string of the molecule is CCOc1ccc(N2C(=O)c3ccc(C(=O)Nc4ccc5c(c4)N(CC)CC5)cc3C2=O)cc1. The van der Waals surface area contributed by atoms with Crippen molar-refractivity contribution in [1.29, 1.82) is 0 Å². The molecule has 0 unspecified atom stereocenters. The van der Waals surface area contributed by atoms with Gasteiger partial charge in [-0.15, -0.1) is 0 Å². The first-order valence-corrected chi connectivity index (χ1v) is 11.4. The molecule has 7 nitrogen and oxygen atoms in total. The second kappa shape index (κ2) is 8.67. The van der Waals surface area contributed by atoms with Crippen LogP contribution in [0.15, 0.2) is 60.7 Å². The number of benzene rings is 3. The maximum atomic E-state index is 13.1. The number of imide groups is 1. The van der Waals surface area contributed by atoms with E-state index in [1.807, 2.05) is 25.1 Å². The van der Waals surface area contributed by atoms with Crippen LogP contribution in [0, 0.1) is 0 Å². The van der Waals surface area contributed by atoms with Gasteiger partial charge >= 0.3 is 0 Å². The molecule has 1 N–H and O–H groups in total. The molecule has 7 heteroatoms. The van der Waals surface area contributed by atoms with Crippen molar-refractivity contribution >= 4 is 34.8 Å². The van der Waals surface area contributed by atoms with E-state index in [0.717, 1.165) is 30.1 Å². The lowest BCUT2D eigenvalue weighted by atomic mass is 10.1. The first kappa shape index (κ1) is 21.7. The molecule has 2 aliphatic rings. The normalized spacial score (nSPS) is 14.3. The molecule has 0 saturated carbocycles. The molecule has 0 spiro atoms. The molecule has 3 aromatic carbocycles. The number of nitrogens with zero attached hydrogens (tertiary/aromatic N) is 2. The summed E-state index contributed by atoms with van der Waals surface area (Å²) < 4.78 is 5.43. The standard InChI is InChI=1S/C27H25N3O4/c1-3-29-14-13-17-5-7-19(16-24(17)29)28-25(31)18-6-12-22-23(15-18)27(33)30(26(22)32)20-8-10-21(11-9-20)34-4-2/h5-12,15-16H,3-4,13-14H2,1-2H3,(H,28,31). The molecule has 3 aromatic rings. The second-order valence-electron chi connectivity index (χ2n) is 8.26. The number of hydrogen-bond donors (Lipinski definition) is 1. The molecule has 0 bridgehead atoms. The average Bonchev–Trinajstić information content (AvgIpc) is 3.37. The van der Waals surface area contributed by atoms with Crippen LogP contribution in [-0.4, -0.2) is 37.4 Å². The number of likely N-dealkylation sites (N-methyl/N-ethyl adjacent to an activating group) is 1. The summed E-state index contributed by atoms with van der Waals surface area (Å²) in [5.74, 6) is -0.525. The maximum Gasteiger partial charge on any atom is 0.266 e. The lowest BCUT2D eigenvalue weighted by Crippen LogP contribution is -2.29. The molecule has 0 fully saturated rings. The Bertz CT molecular complexity index is 1300. The van der Waals surface area contributed by atoms with E-state index in [0.29, 0.717) is 29.3 Å². The monoisotopic (exact) mass is 455 g/mol. The van der Waals surface area contributed by atoms with Crippen LogP contribution >= 0.6 is 0 Å². The largest absolute Gasteiger partial charge is 0.494 e. The van der Waals surface area contributed by atoms with Crippen LogP contribution in [0.2, 0.25) is 0 Å². The predicted octanol–water partition coefficient (Wildman–Crippen LogP) is 4.52. The van der Waals surface area contributed by atoms with Gasteiger partial charge in [0.15, 0.2) is 0 Å². The fourth-order valence-electron chi connectivity index (χ4n) is 4.53. The Morgan fingerprint density at radius 2 is 1.71 bits per heavy atom. The molecular formula is C27H25N3O4. The van der Waals surface area contributed by atoms with Gasteiger partial charge < -0.3 is 15.0 Å². The summed E-state index contributed by atoms with van der Waals surface area (Å²) in [5.41, 5.74) is 4.39. The summed E-state index contributed by atoms with van der Waals surface area (Å²) in [6, 6.07) is 17.3. The van der Waals surface area contributed by atoms with Gasteiger partial charge in [-0.05, 0) is 80.4 Å². The zero-order valence-electron chi connectivity index (χ0n) is 19.1. The molecule has 2 aliphatic heterocycles. The quantitative estimate of drug-likeness (QED) is 0.553. The highest BCUT2D eigenvalue weighted by Gasteiger charge is 2.37. The molecule has 5 rings (SSSR count). The summed E-state index contributed by atoms with van der Waals surface area (Å²) in [6.07, 6.45) is 1.00. The van der Waals surface area contributed by atoms with E-state index in [4.69, 9.17) is 4.74 Å². The Kier molecular flexibility index (Phi) is 5.53. The van der Waals surface area contributed by atoms with Gasteiger partial charge in [-0.1, -0.05) is 6.07 Å². The Labute approximate surface area is 197 Å². The van der Waals surface area contributed by atoms with E-state index in [9.17, 15) is 14.4 Å². The highest BCUT2D eigenvalue weighted by atomic mass is 16.5. The summed E-state index contributed by atoms with van der Waals surface area (Å²) in [7, 11) is 0. The molecule has 0 aliphatic carbocycles. The fraction of sp³-hybridized carbons (Fsp3) is 0.222. The van der Waals surface area contributed by atoms with Crippen molar-refractivity contribution in [3.8, 4) is 5.75 Å². The number of carbonyl (C=O) groups excluding carboxylic acids is 3. The van der Waals surface area contributed by atoms with Gasteiger partial charge in [-0.3, -0.25) is 14.4 Å². The molecular weight excluding hydrogens is 430 g/mol. The smallest absolute Gasteiger partial charge is 0.266 e. The Morgan fingerprint density at radius 1 is 0.941 bits per heavy atom. The number of nitrogens with one attached hydrogen (secondary N) is 1. The molecule has 0 radical (unpaired) electrons. The first-order chi connectivity index (χ1) is 16.5. The zero-order valence-corrected chi connectivity index (χ0v) is 19.1. The predicted molar refractivity (Wildman–Crippen MR) is 131 cm³/mol. The van der Waals surface area contributed by atoms with Gasteiger partial charge in [0.1, 0.15) is 5.75 Å². The average molecular weight is 456 g/mol. The van der Waals surface area contributed by atoms with Gasteiger partial charge in [0, 0.05) is 30.0 Å². The number of ether oxygens (including phenoxy) is 1. The zero-order chi connectivity index (χ0) is 23.8. The van der Waals surface area contributed by atoms with Crippen LogP contribution in [0.4, 0.5) is 17.1 Å². The maximum absolute atomic E-state index is 13.1. The van der Waals surface area contributed by atoms with E-state index >= 15 is 0 Å². The molecule has 2 heterocycles. The summed E-state index contributed by atoms with van der Waals surface area (Å²) in [4.78, 5) is 42.4. The van der Waals surface area contributed by atoms with Crippen molar-refractivity contribution in [1.82, 2.24) is 0 Å². The lowest BCUT2D eigenvalue weighted by molar-refractivity contribution is 0.0925. The number of fused-ring (bicyclic) bond motifs is 2. The van der Waals surface area contributed by atoms with Crippen molar-refractivity contribution in [3.05, 3.63) is 82.9 Å². The molecule has 3 amide bonds. The molecule has 34 heavy (non-hydrogen) atoms. The Hall–Kier alpha value is -4.13. The number of rotatable bonds is 6. The summed E-state index contributed by atoms with van der Waals surface area (Å²) in [5, 5.41) is 2.92. The van der Waals surface area contributed by atoms with E-state index in [1.54, 1.807) is 36.4 Å². The van der Waals surface area contributed by atoms with Crippen molar-refractivity contribution in [3.63, 3.8) is 0 Å².